The predicted molar refractivity (Wildman–Crippen MR) is 114 cm³/mol. The Labute approximate surface area is 183 Å². The molecule has 2 aromatic carbocycles. The van der Waals surface area contributed by atoms with Crippen LogP contribution in [0, 0.1) is 12.7 Å². The fourth-order valence-electron chi connectivity index (χ4n) is 3.74. The molecule has 0 amide bonds. The van der Waals surface area contributed by atoms with Crippen LogP contribution in [0.5, 0.6) is 0 Å². The highest BCUT2D eigenvalue weighted by atomic mass is 32.1. The number of rotatable bonds is 5. The number of aryl methyl sites for hydroxylation is 1. The molecular weight excluding hydrogens is 421 g/mol. The van der Waals surface area contributed by atoms with Gasteiger partial charge in [0.25, 0.3) is 0 Å². The molecule has 1 aliphatic rings. The van der Waals surface area contributed by atoms with Crippen LogP contribution in [-0.2, 0) is 11.2 Å². The molecule has 3 aromatic rings. The molecule has 0 unspecified atom stereocenters. The summed E-state index contributed by atoms with van der Waals surface area (Å²) in [6.07, 6.45) is -3.63. The van der Waals surface area contributed by atoms with Crippen molar-refractivity contribution in [3.8, 4) is 10.4 Å². The zero-order valence-electron chi connectivity index (χ0n) is 16.9. The Morgan fingerprint density at radius 3 is 2.48 bits per heavy atom. The maximum absolute atomic E-state index is 13.2. The fraction of sp³-hybridized carbons (Fsp3) is 0.348. The van der Waals surface area contributed by atoms with Crippen LogP contribution in [0.1, 0.15) is 27.8 Å². The van der Waals surface area contributed by atoms with Crippen LogP contribution in [0.2, 0.25) is 0 Å². The van der Waals surface area contributed by atoms with Crippen molar-refractivity contribution >= 4 is 11.3 Å². The Balaban J connectivity index is 1.57. The minimum absolute atomic E-state index is 0.283. The number of aliphatic hydroxyl groups is 4. The lowest BCUT2D eigenvalue weighted by atomic mass is 9.89. The summed E-state index contributed by atoms with van der Waals surface area (Å²) in [6.45, 7) is 1.51. The second-order valence-corrected chi connectivity index (χ2v) is 8.85. The lowest BCUT2D eigenvalue weighted by Gasteiger charge is -2.40. The standard InChI is InChI=1S/C23H24FNO5S/c1-12-2-3-14(23-22(29)21(28)20(27)17(11-26)30-23)8-15(12)9-19-25-10-18(31-19)13-4-6-16(24)7-5-13/h2-8,10,17,20-23,26-29H,9,11H2,1H3/t17-,20-,21+,22-,23+/m1/s1. The quantitative estimate of drug-likeness (QED) is 0.481. The minimum atomic E-state index is -1.42. The van der Waals surface area contributed by atoms with Crippen LogP contribution in [0.15, 0.2) is 48.7 Å². The molecule has 2 heterocycles. The number of benzene rings is 2. The van der Waals surface area contributed by atoms with Crippen molar-refractivity contribution < 1.29 is 29.6 Å². The molecule has 4 rings (SSSR count). The summed E-state index contributed by atoms with van der Waals surface area (Å²) >= 11 is 1.52. The van der Waals surface area contributed by atoms with Crippen LogP contribution < -0.4 is 0 Å². The highest BCUT2D eigenvalue weighted by molar-refractivity contribution is 7.15. The van der Waals surface area contributed by atoms with Gasteiger partial charge in [0, 0.05) is 12.6 Å². The van der Waals surface area contributed by atoms with Crippen molar-refractivity contribution in [2.45, 2.75) is 43.9 Å². The molecule has 1 aliphatic heterocycles. The van der Waals surface area contributed by atoms with E-state index in [2.05, 4.69) is 4.98 Å². The van der Waals surface area contributed by atoms with Gasteiger partial charge < -0.3 is 25.2 Å². The second kappa shape index (κ2) is 9.12. The van der Waals surface area contributed by atoms with E-state index in [1.807, 2.05) is 19.1 Å². The normalized spacial score (nSPS) is 26.2. The second-order valence-electron chi connectivity index (χ2n) is 7.74. The van der Waals surface area contributed by atoms with Gasteiger partial charge in [-0.3, -0.25) is 0 Å². The summed E-state index contributed by atoms with van der Waals surface area (Å²) in [5, 5.41) is 40.8. The van der Waals surface area contributed by atoms with Crippen LogP contribution >= 0.6 is 11.3 Å². The average molecular weight is 446 g/mol. The zero-order chi connectivity index (χ0) is 22.1. The van der Waals surface area contributed by atoms with Crippen molar-refractivity contribution in [1.82, 2.24) is 4.98 Å². The summed E-state index contributed by atoms with van der Waals surface area (Å²) in [6, 6.07) is 11.9. The summed E-state index contributed by atoms with van der Waals surface area (Å²) in [5.41, 5.74) is 3.56. The van der Waals surface area contributed by atoms with E-state index in [0.29, 0.717) is 12.0 Å². The molecule has 164 valence electrons. The Bertz CT molecular complexity index is 1040. The number of hydrogen-bond donors (Lipinski definition) is 4. The molecule has 8 heteroatoms. The van der Waals surface area contributed by atoms with E-state index >= 15 is 0 Å². The van der Waals surface area contributed by atoms with E-state index in [1.165, 1.54) is 23.5 Å². The molecular formula is C23H24FNO5S. The third kappa shape index (κ3) is 4.55. The molecule has 6 nitrogen and oxygen atoms in total. The van der Waals surface area contributed by atoms with E-state index < -0.39 is 37.1 Å². The molecule has 1 aromatic heterocycles. The molecule has 1 saturated heterocycles. The molecule has 31 heavy (non-hydrogen) atoms. The highest BCUT2D eigenvalue weighted by Gasteiger charge is 2.43. The first-order valence-electron chi connectivity index (χ1n) is 9.98. The van der Waals surface area contributed by atoms with Crippen LogP contribution in [0.4, 0.5) is 4.39 Å². The maximum Gasteiger partial charge on any atom is 0.123 e. The average Bonchev–Trinajstić information content (AvgIpc) is 3.23. The van der Waals surface area contributed by atoms with Crippen molar-refractivity contribution in [2.75, 3.05) is 6.61 Å². The molecule has 0 spiro atoms. The SMILES string of the molecule is Cc1ccc([C@@H]2O[C@H](CO)[C@@H](O)[C@H](O)[C@H]2O)cc1Cc1ncc(-c2ccc(F)cc2)s1. The molecule has 4 N–H and O–H groups in total. The monoisotopic (exact) mass is 445 g/mol. The number of thiazole rings is 1. The van der Waals surface area contributed by atoms with Gasteiger partial charge >= 0.3 is 0 Å². The Hall–Kier alpha value is -2.20. The Morgan fingerprint density at radius 1 is 1.03 bits per heavy atom. The van der Waals surface area contributed by atoms with Gasteiger partial charge in [0.05, 0.1) is 16.5 Å². The van der Waals surface area contributed by atoms with Gasteiger partial charge in [-0.05, 0) is 41.3 Å². The molecule has 0 saturated carbocycles. The minimum Gasteiger partial charge on any atom is -0.394 e. The first kappa shape index (κ1) is 22.0. The van der Waals surface area contributed by atoms with Crippen LogP contribution in [0.3, 0.4) is 0 Å². The van der Waals surface area contributed by atoms with Gasteiger partial charge in [0.15, 0.2) is 0 Å². The Kier molecular flexibility index (Phi) is 6.47. The molecule has 5 atom stereocenters. The topological polar surface area (TPSA) is 103 Å². The van der Waals surface area contributed by atoms with E-state index in [1.54, 1.807) is 24.4 Å². The number of hydrogen-bond acceptors (Lipinski definition) is 7. The van der Waals surface area contributed by atoms with Crippen molar-refractivity contribution in [3.63, 3.8) is 0 Å². The molecule has 0 aliphatic carbocycles. The van der Waals surface area contributed by atoms with Gasteiger partial charge in [0.1, 0.15) is 36.3 Å². The smallest absolute Gasteiger partial charge is 0.123 e. The molecule has 0 radical (unpaired) electrons. The molecule has 1 fully saturated rings. The summed E-state index contributed by atoms with van der Waals surface area (Å²) in [5.74, 6) is -0.283. The third-order valence-electron chi connectivity index (χ3n) is 5.62. The molecule has 0 bridgehead atoms. The number of aromatic nitrogens is 1. The summed E-state index contributed by atoms with van der Waals surface area (Å²) < 4.78 is 18.8. The van der Waals surface area contributed by atoms with E-state index in [9.17, 15) is 24.8 Å². The number of ether oxygens (including phenoxy) is 1. The van der Waals surface area contributed by atoms with Gasteiger partial charge in [-0.1, -0.05) is 30.3 Å². The van der Waals surface area contributed by atoms with Crippen LogP contribution in [-0.4, -0.2) is 56.4 Å². The van der Waals surface area contributed by atoms with Gasteiger partial charge in [-0.15, -0.1) is 11.3 Å². The zero-order valence-corrected chi connectivity index (χ0v) is 17.7. The van der Waals surface area contributed by atoms with Crippen molar-refractivity contribution in [1.29, 1.82) is 0 Å². The van der Waals surface area contributed by atoms with Gasteiger partial charge in [-0.2, -0.15) is 0 Å². The van der Waals surface area contributed by atoms with Crippen molar-refractivity contribution in [3.05, 3.63) is 76.2 Å². The van der Waals surface area contributed by atoms with Gasteiger partial charge in [-0.25, -0.2) is 9.37 Å². The highest BCUT2D eigenvalue weighted by Crippen LogP contribution is 2.34. The van der Waals surface area contributed by atoms with Gasteiger partial charge in [0.2, 0.25) is 0 Å². The summed E-state index contributed by atoms with van der Waals surface area (Å²) in [7, 11) is 0. The number of nitrogens with zero attached hydrogens (tertiary/aromatic N) is 1. The largest absolute Gasteiger partial charge is 0.394 e. The first-order valence-corrected chi connectivity index (χ1v) is 10.8. The van der Waals surface area contributed by atoms with E-state index in [4.69, 9.17) is 4.74 Å². The number of aliphatic hydroxyl groups excluding tert-OH is 4. The lowest BCUT2D eigenvalue weighted by molar-refractivity contribution is -0.231. The third-order valence-corrected chi connectivity index (χ3v) is 6.66. The van der Waals surface area contributed by atoms with Crippen LogP contribution in [0.25, 0.3) is 10.4 Å². The first-order chi connectivity index (χ1) is 14.9. The Morgan fingerprint density at radius 2 is 1.77 bits per heavy atom. The predicted octanol–water partition coefficient (Wildman–Crippen LogP) is 2.36. The number of halogens is 1. The van der Waals surface area contributed by atoms with Crippen molar-refractivity contribution in [2.24, 2.45) is 0 Å². The van der Waals surface area contributed by atoms with E-state index in [-0.39, 0.29) is 5.82 Å². The fourth-order valence-corrected chi connectivity index (χ4v) is 4.68. The summed E-state index contributed by atoms with van der Waals surface area (Å²) in [4.78, 5) is 5.44. The lowest BCUT2D eigenvalue weighted by Crippen LogP contribution is -2.55. The maximum atomic E-state index is 13.2. The van der Waals surface area contributed by atoms with E-state index in [0.717, 1.165) is 26.6 Å².